The van der Waals surface area contributed by atoms with Crippen molar-refractivity contribution in [1.82, 2.24) is 19.7 Å². The molecular formula is C40H48N6O7. The summed E-state index contributed by atoms with van der Waals surface area (Å²) in [5, 5.41) is 15.2. The number of nitrogens with one attached hydrogen (secondary N) is 2. The topological polar surface area (TPSA) is 161 Å². The van der Waals surface area contributed by atoms with Crippen molar-refractivity contribution in [3.8, 4) is 0 Å². The second kappa shape index (κ2) is 14.6. The van der Waals surface area contributed by atoms with E-state index >= 15 is 0 Å². The third-order valence-electron chi connectivity index (χ3n) is 10.5. The van der Waals surface area contributed by atoms with Crippen LogP contribution in [-0.4, -0.2) is 93.4 Å². The lowest BCUT2D eigenvalue weighted by Gasteiger charge is -2.40. The highest BCUT2D eigenvalue weighted by atomic mass is 16.6. The van der Waals surface area contributed by atoms with Crippen LogP contribution >= 0.6 is 0 Å². The van der Waals surface area contributed by atoms with Crippen LogP contribution in [0.3, 0.4) is 0 Å². The smallest absolute Gasteiger partial charge is 0.410 e. The minimum absolute atomic E-state index is 0.0815. The number of amides is 4. The number of rotatable bonds is 10. The fraction of sp³-hybridized carbons (Fsp3) is 0.450. The molecule has 53 heavy (non-hydrogen) atoms. The zero-order valence-electron chi connectivity index (χ0n) is 31.0. The molecule has 0 unspecified atom stereocenters. The quantitative estimate of drug-likeness (QED) is 0.272. The number of hydrogen-bond donors (Lipinski definition) is 3. The second-order valence-corrected chi connectivity index (χ2v) is 15.8. The van der Waals surface area contributed by atoms with Gasteiger partial charge in [0.05, 0.1) is 12.0 Å². The molecular weight excluding hydrogens is 676 g/mol. The van der Waals surface area contributed by atoms with Crippen LogP contribution in [0, 0.1) is 5.41 Å². The summed E-state index contributed by atoms with van der Waals surface area (Å²) < 4.78 is 5.55. The summed E-state index contributed by atoms with van der Waals surface area (Å²) in [6.45, 7) is 8.21. The molecule has 13 heteroatoms. The Balaban J connectivity index is 1.20. The Morgan fingerprint density at radius 1 is 0.981 bits per heavy atom. The predicted octanol–water partition coefficient (Wildman–Crippen LogP) is 4.59. The average Bonchev–Trinajstić information content (AvgIpc) is 3.61. The van der Waals surface area contributed by atoms with Crippen molar-refractivity contribution in [2.24, 2.45) is 5.41 Å². The number of likely N-dealkylation sites (tertiary alicyclic amines) is 1. The van der Waals surface area contributed by atoms with Gasteiger partial charge in [0.15, 0.2) is 0 Å². The Labute approximate surface area is 309 Å². The van der Waals surface area contributed by atoms with Gasteiger partial charge >= 0.3 is 12.1 Å². The van der Waals surface area contributed by atoms with Crippen molar-refractivity contribution in [3.05, 3.63) is 88.6 Å². The van der Waals surface area contributed by atoms with Gasteiger partial charge in [0.2, 0.25) is 17.7 Å². The lowest BCUT2D eigenvalue weighted by molar-refractivity contribution is -0.147. The standard InChI is InChI=1S/C40H48N6O7/c1-38(2,3)53-37(52)44(5)22-27-9-6-7-10-28(27)23-46(36(51)39(4)14-17-45(18-15-39)25-33(48)49)24-32(47)42-30-13-12-26-20-40(21-29(26)19-30)31-11-8-16-41-34(31)43-35(40)50/h6-13,16,19H,14-15,17-18,20-25H2,1-5H3,(H,42,47)(H,48,49)(H,41,43,50)/t40-/m1/s1. The molecule has 0 saturated carbocycles. The molecule has 1 spiro atoms. The number of pyridine rings is 1. The molecule has 3 aromatic rings. The van der Waals surface area contributed by atoms with Gasteiger partial charge in [0.1, 0.15) is 18.0 Å². The molecule has 2 aromatic carbocycles. The molecule has 3 aliphatic rings. The Kier molecular flexibility index (Phi) is 10.3. The number of piperidine rings is 1. The number of aliphatic carboxylic acids is 1. The van der Waals surface area contributed by atoms with Gasteiger partial charge in [-0.05, 0) is 100.0 Å². The van der Waals surface area contributed by atoms with Crippen molar-refractivity contribution >= 4 is 41.3 Å². The van der Waals surface area contributed by atoms with Gasteiger partial charge in [-0.2, -0.15) is 0 Å². The number of fused-ring (bicyclic) bond motifs is 3. The van der Waals surface area contributed by atoms with E-state index in [1.165, 1.54) is 4.90 Å². The molecule has 1 aliphatic carbocycles. The van der Waals surface area contributed by atoms with Gasteiger partial charge in [0, 0.05) is 43.0 Å². The van der Waals surface area contributed by atoms with E-state index in [0.29, 0.717) is 50.3 Å². The first kappa shape index (κ1) is 37.5. The molecule has 6 rings (SSSR count). The SMILES string of the molecule is CN(Cc1ccccc1CN(CC(=O)Nc1ccc2c(c1)C[C@@]1(C2)C(=O)Nc2ncccc21)C(=O)C1(C)CCN(CC(=O)O)CC1)C(=O)OC(C)(C)C. The summed E-state index contributed by atoms with van der Waals surface area (Å²) in [6, 6.07) is 16.9. The second-order valence-electron chi connectivity index (χ2n) is 15.8. The Hall–Kier alpha value is -5.30. The Morgan fingerprint density at radius 2 is 1.66 bits per heavy atom. The predicted molar refractivity (Wildman–Crippen MR) is 198 cm³/mol. The van der Waals surface area contributed by atoms with Crippen LogP contribution in [-0.2, 0) is 55.3 Å². The van der Waals surface area contributed by atoms with Crippen molar-refractivity contribution in [2.45, 2.75) is 77.5 Å². The van der Waals surface area contributed by atoms with Crippen molar-refractivity contribution in [1.29, 1.82) is 0 Å². The first-order valence-electron chi connectivity index (χ1n) is 18.0. The van der Waals surface area contributed by atoms with E-state index in [-0.39, 0.29) is 43.9 Å². The summed E-state index contributed by atoms with van der Waals surface area (Å²) in [7, 11) is 1.65. The van der Waals surface area contributed by atoms with E-state index in [0.717, 1.165) is 27.8 Å². The van der Waals surface area contributed by atoms with Gasteiger partial charge in [-0.3, -0.25) is 24.1 Å². The van der Waals surface area contributed by atoms with Crippen molar-refractivity contribution in [3.63, 3.8) is 0 Å². The van der Waals surface area contributed by atoms with Crippen LogP contribution in [0.15, 0.2) is 60.8 Å². The van der Waals surface area contributed by atoms with Crippen LogP contribution in [0.5, 0.6) is 0 Å². The minimum atomic E-state index is -0.916. The summed E-state index contributed by atoms with van der Waals surface area (Å²) in [4.78, 5) is 74.8. The molecule has 1 aromatic heterocycles. The minimum Gasteiger partial charge on any atom is -0.480 e. The summed E-state index contributed by atoms with van der Waals surface area (Å²) in [5.74, 6) is -0.992. The Bertz CT molecular complexity index is 1930. The van der Waals surface area contributed by atoms with Crippen molar-refractivity contribution < 1.29 is 33.8 Å². The Morgan fingerprint density at radius 3 is 2.34 bits per heavy atom. The number of carboxylic acid groups (broad SMARTS) is 1. The van der Waals surface area contributed by atoms with E-state index < -0.39 is 28.5 Å². The zero-order chi connectivity index (χ0) is 38.1. The normalized spacial score (nSPS) is 18.8. The van der Waals surface area contributed by atoms with Crippen LogP contribution in [0.1, 0.15) is 68.4 Å². The number of hydrogen-bond acceptors (Lipinski definition) is 8. The van der Waals surface area contributed by atoms with Crippen LogP contribution in [0.2, 0.25) is 0 Å². The monoisotopic (exact) mass is 724 g/mol. The highest BCUT2D eigenvalue weighted by Crippen LogP contribution is 2.47. The molecule has 13 nitrogen and oxygen atoms in total. The molecule has 1 saturated heterocycles. The van der Waals surface area contributed by atoms with Crippen LogP contribution in [0.25, 0.3) is 0 Å². The number of carboxylic acids is 1. The molecule has 1 atom stereocenters. The number of ether oxygens (including phenoxy) is 1. The summed E-state index contributed by atoms with van der Waals surface area (Å²) >= 11 is 0. The van der Waals surface area contributed by atoms with E-state index in [1.54, 1.807) is 38.9 Å². The molecule has 280 valence electrons. The third-order valence-corrected chi connectivity index (χ3v) is 10.5. The van der Waals surface area contributed by atoms with Gasteiger partial charge in [-0.25, -0.2) is 9.78 Å². The maximum Gasteiger partial charge on any atom is 0.410 e. The largest absolute Gasteiger partial charge is 0.480 e. The summed E-state index contributed by atoms with van der Waals surface area (Å²) in [6.07, 6.45) is 3.08. The van der Waals surface area contributed by atoms with E-state index in [2.05, 4.69) is 15.6 Å². The number of nitrogens with zero attached hydrogens (tertiary/aromatic N) is 4. The fourth-order valence-electron chi connectivity index (χ4n) is 7.64. The van der Waals surface area contributed by atoms with E-state index in [4.69, 9.17) is 4.74 Å². The molecule has 4 amide bonds. The van der Waals surface area contributed by atoms with Gasteiger partial charge < -0.3 is 30.3 Å². The first-order chi connectivity index (χ1) is 25.0. The number of benzene rings is 2. The molecule has 3 N–H and O–H groups in total. The summed E-state index contributed by atoms with van der Waals surface area (Å²) in [5.41, 5.74) is 2.81. The van der Waals surface area contributed by atoms with E-state index in [1.807, 2.05) is 66.4 Å². The highest BCUT2D eigenvalue weighted by Gasteiger charge is 2.51. The van der Waals surface area contributed by atoms with Gasteiger partial charge in [-0.15, -0.1) is 0 Å². The van der Waals surface area contributed by atoms with Gasteiger partial charge in [-0.1, -0.05) is 43.3 Å². The highest BCUT2D eigenvalue weighted by molar-refractivity contribution is 6.06. The fourth-order valence-corrected chi connectivity index (χ4v) is 7.64. The zero-order valence-corrected chi connectivity index (χ0v) is 31.0. The number of carbonyl (C=O) groups is 5. The maximum atomic E-state index is 14.5. The lowest BCUT2D eigenvalue weighted by atomic mass is 9.78. The molecule has 1 fully saturated rings. The first-order valence-corrected chi connectivity index (χ1v) is 18.0. The number of aromatic nitrogens is 1. The van der Waals surface area contributed by atoms with E-state index in [9.17, 15) is 29.1 Å². The van der Waals surface area contributed by atoms with Crippen molar-refractivity contribution in [2.75, 3.05) is 43.9 Å². The number of carbonyl (C=O) groups excluding carboxylic acids is 4. The lowest BCUT2D eigenvalue weighted by Crippen LogP contribution is -2.51. The third kappa shape index (κ3) is 8.20. The molecule has 0 radical (unpaired) electrons. The van der Waals surface area contributed by atoms with Gasteiger partial charge in [0.25, 0.3) is 0 Å². The molecule has 0 bridgehead atoms. The molecule has 2 aliphatic heterocycles. The van der Waals surface area contributed by atoms with Crippen LogP contribution < -0.4 is 10.6 Å². The average molecular weight is 725 g/mol. The number of anilines is 2. The van der Waals surface area contributed by atoms with Crippen LogP contribution in [0.4, 0.5) is 16.3 Å². The molecule has 3 heterocycles. The maximum absolute atomic E-state index is 14.5.